The predicted molar refractivity (Wildman–Crippen MR) is 70.8 cm³/mol. The van der Waals surface area contributed by atoms with Gasteiger partial charge >= 0.3 is 0 Å². The highest BCUT2D eigenvalue weighted by Crippen LogP contribution is 2.00. The molecule has 1 aromatic heterocycles. The largest absolute Gasteiger partial charge is 0.365 e. The molecular weight excluding hydrogens is 238 g/mol. The van der Waals surface area contributed by atoms with E-state index in [1.807, 2.05) is 13.8 Å². The summed E-state index contributed by atoms with van der Waals surface area (Å²) < 4.78 is 12.7. The molecule has 1 aromatic rings. The van der Waals surface area contributed by atoms with Gasteiger partial charge < -0.3 is 9.88 Å². The zero-order valence-electron chi connectivity index (χ0n) is 10.5. The molecule has 2 unspecified atom stereocenters. The molecule has 96 valence electrons. The van der Waals surface area contributed by atoms with Crippen LogP contribution < -0.4 is 10.9 Å². The van der Waals surface area contributed by atoms with Gasteiger partial charge in [-0.05, 0) is 13.3 Å². The number of anilines is 1. The highest BCUT2D eigenvalue weighted by molar-refractivity contribution is 7.84. The molecular formula is C11H19N3O2S. The second-order valence-electron chi connectivity index (χ2n) is 3.89. The summed E-state index contributed by atoms with van der Waals surface area (Å²) in [7, 11) is -0.823. The van der Waals surface area contributed by atoms with Crippen LogP contribution in [-0.2, 0) is 17.3 Å². The summed E-state index contributed by atoms with van der Waals surface area (Å²) in [6.07, 6.45) is 5.71. The third-order valence-corrected chi connectivity index (χ3v) is 4.03. The van der Waals surface area contributed by atoms with Crippen molar-refractivity contribution in [1.29, 1.82) is 0 Å². The van der Waals surface area contributed by atoms with E-state index in [-0.39, 0.29) is 10.8 Å². The first-order valence-electron chi connectivity index (χ1n) is 5.67. The molecule has 0 saturated carbocycles. The lowest BCUT2D eigenvalue weighted by Gasteiger charge is -2.10. The van der Waals surface area contributed by atoms with Gasteiger partial charge in [0.25, 0.3) is 5.56 Å². The smallest absolute Gasteiger partial charge is 0.293 e. The summed E-state index contributed by atoms with van der Waals surface area (Å²) in [5, 5.41) is 3.12. The van der Waals surface area contributed by atoms with Crippen LogP contribution in [0.15, 0.2) is 17.2 Å². The molecule has 17 heavy (non-hydrogen) atoms. The normalized spacial score (nSPS) is 14.3. The standard InChI is InChI=1S/C11H19N3O2S/c1-4-14-8-7-13-10(11(14)15)12-6-5-9(2)17(3)16/h7-9H,4-6H2,1-3H3,(H,12,13). The molecule has 5 nitrogen and oxygen atoms in total. The topological polar surface area (TPSA) is 64.0 Å². The monoisotopic (exact) mass is 257 g/mol. The molecule has 0 fully saturated rings. The third-order valence-electron chi connectivity index (χ3n) is 2.66. The average Bonchev–Trinajstić information content (AvgIpc) is 2.31. The first-order valence-corrected chi connectivity index (χ1v) is 7.30. The van der Waals surface area contributed by atoms with Gasteiger partial charge in [0, 0.05) is 47.8 Å². The van der Waals surface area contributed by atoms with E-state index in [0.717, 1.165) is 6.42 Å². The second-order valence-corrected chi connectivity index (χ2v) is 5.69. The first-order chi connectivity index (χ1) is 8.06. The van der Waals surface area contributed by atoms with E-state index in [9.17, 15) is 9.00 Å². The zero-order valence-corrected chi connectivity index (χ0v) is 11.3. The minimum absolute atomic E-state index is 0.111. The lowest BCUT2D eigenvalue weighted by Crippen LogP contribution is -2.25. The highest BCUT2D eigenvalue weighted by Gasteiger charge is 2.07. The van der Waals surface area contributed by atoms with Crippen molar-refractivity contribution in [1.82, 2.24) is 9.55 Å². The van der Waals surface area contributed by atoms with Gasteiger partial charge in [-0.25, -0.2) is 4.98 Å². The maximum absolute atomic E-state index is 11.8. The minimum Gasteiger partial charge on any atom is -0.365 e. The van der Waals surface area contributed by atoms with E-state index < -0.39 is 10.8 Å². The van der Waals surface area contributed by atoms with Crippen molar-refractivity contribution in [3.63, 3.8) is 0 Å². The summed E-state index contributed by atoms with van der Waals surface area (Å²) in [5.41, 5.74) is -0.111. The van der Waals surface area contributed by atoms with Crippen LogP contribution in [0, 0.1) is 0 Å². The number of nitrogens with one attached hydrogen (secondary N) is 1. The lowest BCUT2D eigenvalue weighted by molar-refractivity contribution is 0.671. The van der Waals surface area contributed by atoms with Crippen LogP contribution in [0.1, 0.15) is 20.3 Å². The van der Waals surface area contributed by atoms with Crippen LogP contribution in [0.5, 0.6) is 0 Å². The van der Waals surface area contributed by atoms with Gasteiger partial charge in [-0.2, -0.15) is 0 Å². The molecule has 1 N–H and O–H groups in total. The first kappa shape index (κ1) is 13.9. The van der Waals surface area contributed by atoms with E-state index >= 15 is 0 Å². The fourth-order valence-electron chi connectivity index (χ4n) is 1.38. The van der Waals surface area contributed by atoms with Crippen molar-refractivity contribution in [2.75, 3.05) is 18.1 Å². The van der Waals surface area contributed by atoms with E-state index in [2.05, 4.69) is 10.3 Å². The van der Waals surface area contributed by atoms with Gasteiger partial charge in [-0.1, -0.05) is 6.92 Å². The Bertz CT molecular complexity index is 445. The van der Waals surface area contributed by atoms with Gasteiger partial charge in [-0.3, -0.25) is 9.00 Å². The third kappa shape index (κ3) is 3.96. The molecule has 0 aliphatic rings. The second kappa shape index (κ2) is 6.54. The zero-order chi connectivity index (χ0) is 12.8. The molecule has 0 spiro atoms. The van der Waals surface area contributed by atoms with Crippen LogP contribution in [-0.4, -0.2) is 31.8 Å². The van der Waals surface area contributed by atoms with Gasteiger partial charge in [0.1, 0.15) is 0 Å². The van der Waals surface area contributed by atoms with Crippen molar-refractivity contribution < 1.29 is 4.21 Å². The molecule has 0 radical (unpaired) electrons. The van der Waals surface area contributed by atoms with E-state index in [0.29, 0.717) is 18.9 Å². The maximum atomic E-state index is 11.8. The maximum Gasteiger partial charge on any atom is 0.293 e. The molecule has 0 saturated heterocycles. The van der Waals surface area contributed by atoms with E-state index in [4.69, 9.17) is 0 Å². The molecule has 1 heterocycles. The Morgan fingerprint density at radius 1 is 1.59 bits per heavy atom. The van der Waals surface area contributed by atoms with Crippen LogP contribution in [0.4, 0.5) is 5.82 Å². The highest BCUT2D eigenvalue weighted by atomic mass is 32.2. The van der Waals surface area contributed by atoms with Gasteiger partial charge in [-0.15, -0.1) is 0 Å². The number of rotatable bonds is 6. The average molecular weight is 257 g/mol. The Morgan fingerprint density at radius 3 is 2.88 bits per heavy atom. The van der Waals surface area contributed by atoms with E-state index in [1.54, 1.807) is 23.2 Å². The van der Waals surface area contributed by atoms with Crippen molar-refractivity contribution in [2.24, 2.45) is 0 Å². The van der Waals surface area contributed by atoms with Crippen LogP contribution in [0.25, 0.3) is 0 Å². The Kier molecular flexibility index (Phi) is 5.34. The summed E-state index contributed by atoms with van der Waals surface area (Å²) >= 11 is 0. The Balaban J connectivity index is 2.58. The molecule has 1 rings (SSSR count). The SMILES string of the molecule is CCn1ccnc(NCCC(C)S(C)=O)c1=O. The Morgan fingerprint density at radius 2 is 2.29 bits per heavy atom. The Hall–Kier alpha value is -1.17. The summed E-state index contributed by atoms with van der Waals surface area (Å²) in [4.78, 5) is 15.8. The number of nitrogens with zero attached hydrogens (tertiary/aromatic N) is 2. The summed E-state index contributed by atoms with van der Waals surface area (Å²) in [5.74, 6) is 0.364. The van der Waals surface area contributed by atoms with Crippen molar-refractivity contribution in [3.8, 4) is 0 Å². The molecule has 0 bridgehead atoms. The number of hydrogen-bond acceptors (Lipinski definition) is 4. The fraction of sp³-hybridized carbons (Fsp3) is 0.636. The van der Waals surface area contributed by atoms with Gasteiger partial charge in [0.05, 0.1) is 0 Å². The molecule has 0 aliphatic heterocycles. The molecule has 0 aromatic carbocycles. The number of aryl methyl sites for hydroxylation is 1. The summed E-state index contributed by atoms with van der Waals surface area (Å²) in [6.45, 7) is 5.08. The van der Waals surface area contributed by atoms with Crippen molar-refractivity contribution in [3.05, 3.63) is 22.7 Å². The molecule has 6 heteroatoms. The molecule has 2 atom stereocenters. The lowest BCUT2D eigenvalue weighted by atomic mass is 10.3. The van der Waals surface area contributed by atoms with Crippen LogP contribution in [0.3, 0.4) is 0 Å². The molecule has 0 aliphatic carbocycles. The van der Waals surface area contributed by atoms with Crippen LogP contribution >= 0.6 is 0 Å². The van der Waals surface area contributed by atoms with Gasteiger partial charge in [0.2, 0.25) is 0 Å². The predicted octanol–water partition coefficient (Wildman–Crippen LogP) is 0.832. The number of aromatic nitrogens is 2. The van der Waals surface area contributed by atoms with Crippen molar-refractivity contribution in [2.45, 2.75) is 32.1 Å². The van der Waals surface area contributed by atoms with Gasteiger partial charge in [0.15, 0.2) is 5.82 Å². The molecule has 0 amide bonds. The summed E-state index contributed by atoms with van der Waals surface area (Å²) in [6, 6.07) is 0. The van der Waals surface area contributed by atoms with Crippen LogP contribution in [0.2, 0.25) is 0 Å². The van der Waals surface area contributed by atoms with E-state index in [1.165, 1.54) is 0 Å². The Labute approximate surface area is 104 Å². The minimum atomic E-state index is -0.823. The quantitative estimate of drug-likeness (QED) is 0.820. The fourth-order valence-corrected chi connectivity index (χ4v) is 1.83. The number of hydrogen-bond donors (Lipinski definition) is 1. The van der Waals surface area contributed by atoms with Crippen molar-refractivity contribution >= 4 is 16.6 Å².